The fraction of sp³-hybridized carbons (Fsp3) is 0.533. The summed E-state index contributed by atoms with van der Waals surface area (Å²) >= 11 is 0. The van der Waals surface area contributed by atoms with E-state index >= 15 is 0 Å². The highest BCUT2D eigenvalue weighted by Crippen LogP contribution is 2.17. The summed E-state index contributed by atoms with van der Waals surface area (Å²) in [7, 11) is 0. The Morgan fingerprint density at radius 1 is 1.38 bits per heavy atom. The number of ether oxygens (including phenoxy) is 1. The van der Waals surface area contributed by atoms with E-state index in [0.29, 0.717) is 18.7 Å². The standard InChI is InChI=1S/C15H22FN3O2/c16-13-8-11(7-12(9-13)15(17)18)10-19-3-1-14(2-4-19)21-6-5-20/h7-9,14,20H,1-6,10H2,(H3,17,18). The molecular weight excluding hydrogens is 273 g/mol. The highest BCUT2D eigenvalue weighted by molar-refractivity contribution is 5.95. The summed E-state index contributed by atoms with van der Waals surface area (Å²) in [6.07, 6.45) is 2.03. The number of halogens is 1. The lowest BCUT2D eigenvalue weighted by atomic mass is 10.1. The van der Waals surface area contributed by atoms with Crippen molar-refractivity contribution < 1.29 is 14.2 Å². The maximum Gasteiger partial charge on any atom is 0.124 e. The van der Waals surface area contributed by atoms with Crippen molar-refractivity contribution in [3.05, 3.63) is 35.1 Å². The topological polar surface area (TPSA) is 82.6 Å². The van der Waals surface area contributed by atoms with Crippen molar-refractivity contribution in [3.8, 4) is 0 Å². The van der Waals surface area contributed by atoms with Gasteiger partial charge >= 0.3 is 0 Å². The van der Waals surface area contributed by atoms with E-state index in [1.165, 1.54) is 12.1 Å². The van der Waals surface area contributed by atoms with Gasteiger partial charge in [-0.2, -0.15) is 0 Å². The van der Waals surface area contributed by atoms with Gasteiger partial charge in [0.05, 0.1) is 19.3 Å². The Balaban J connectivity index is 1.90. The highest BCUT2D eigenvalue weighted by atomic mass is 19.1. The van der Waals surface area contributed by atoms with Gasteiger partial charge in [-0.05, 0) is 36.6 Å². The molecule has 6 heteroatoms. The molecule has 0 aliphatic carbocycles. The predicted molar refractivity (Wildman–Crippen MR) is 78.8 cm³/mol. The molecule has 1 saturated heterocycles. The van der Waals surface area contributed by atoms with Crippen molar-refractivity contribution in [3.63, 3.8) is 0 Å². The van der Waals surface area contributed by atoms with Crippen LogP contribution in [0.15, 0.2) is 18.2 Å². The molecule has 21 heavy (non-hydrogen) atoms. The summed E-state index contributed by atoms with van der Waals surface area (Å²) in [5.74, 6) is -0.481. The summed E-state index contributed by atoms with van der Waals surface area (Å²) in [4.78, 5) is 2.23. The van der Waals surface area contributed by atoms with Crippen LogP contribution >= 0.6 is 0 Å². The Morgan fingerprint density at radius 2 is 2.10 bits per heavy atom. The molecule has 1 fully saturated rings. The van der Waals surface area contributed by atoms with Gasteiger partial charge in [-0.3, -0.25) is 10.3 Å². The van der Waals surface area contributed by atoms with Crippen LogP contribution in [0.3, 0.4) is 0 Å². The van der Waals surface area contributed by atoms with Crippen LogP contribution in [0.1, 0.15) is 24.0 Å². The molecule has 1 aromatic carbocycles. The molecule has 116 valence electrons. The van der Waals surface area contributed by atoms with E-state index in [0.717, 1.165) is 31.5 Å². The van der Waals surface area contributed by atoms with Crippen LogP contribution in [-0.2, 0) is 11.3 Å². The zero-order chi connectivity index (χ0) is 15.2. The SMILES string of the molecule is N=C(N)c1cc(F)cc(CN2CCC(OCCO)CC2)c1. The van der Waals surface area contributed by atoms with Gasteiger partial charge in [0.15, 0.2) is 0 Å². The van der Waals surface area contributed by atoms with E-state index in [2.05, 4.69) is 4.90 Å². The second-order valence-electron chi connectivity index (χ2n) is 5.33. The lowest BCUT2D eigenvalue weighted by Gasteiger charge is -2.31. The Kier molecular flexibility index (Phi) is 5.67. The number of benzene rings is 1. The first-order valence-electron chi connectivity index (χ1n) is 7.17. The Morgan fingerprint density at radius 3 is 2.71 bits per heavy atom. The van der Waals surface area contributed by atoms with Gasteiger partial charge in [0, 0.05) is 25.2 Å². The Bertz CT molecular complexity index is 488. The van der Waals surface area contributed by atoms with Crippen LogP contribution < -0.4 is 5.73 Å². The number of aliphatic hydroxyl groups excluding tert-OH is 1. The molecule has 0 amide bonds. The summed E-state index contributed by atoms with van der Waals surface area (Å²) in [5, 5.41) is 16.1. The molecule has 0 radical (unpaired) electrons. The number of nitrogens with one attached hydrogen (secondary N) is 1. The van der Waals surface area contributed by atoms with E-state index < -0.39 is 0 Å². The summed E-state index contributed by atoms with van der Waals surface area (Å²) in [6.45, 7) is 2.84. The minimum atomic E-state index is -0.362. The lowest BCUT2D eigenvalue weighted by Crippen LogP contribution is -2.37. The molecule has 0 atom stereocenters. The maximum absolute atomic E-state index is 13.5. The van der Waals surface area contributed by atoms with Crippen LogP contribution in [0.4, 0.5) is 4.39 Å². The van der Waals surface area contributed by atoms with Gasteiger partial charge in [-0.1, -0.05) is 0 Å². The first-order valence-corrected chi connectivity index (χ1v) is 7.17. The maximum atomic E-state index is 13.5. The molecule has 0 spiro atoms. The minimum Gasteiger partial charge on any atom is -0.394 e. The second kappa shape index (κ2) is 7.49. The minimum absolute atomic E-state index is 0.0529. The van der Waals surface area contributed by atoms with Gasteiger partial charge in [0.25, 0.3) is 0 Å². The fourth-order valence-corrected chi connectivity index (χ4v) is 2.61. The van der Waals surface area contributed by atoms with Crippen LogP contribution in [0, 0.1) is 11.2 Å². The number of hydrogen-bond acceptors (Lipinski definition) is 4. The molecule has 1 heterocycles. The average molecular weight is 295 g/mol. The first-order chi connectivity index (χ1) is 10.1. The largest absolute Gasteiger partial charge is 0.394 e. The van der Waals surface area contributed by atoms with Crippen molar-refractivity contribution in [1.29, 1.82) is 5.41 Å². The zero-order valence-electron chi connectivity index (χ0n) is 12.0. The molecule has 0 saturated carbocycles. The van der Waals surface area contributed by atoms with Gasteiger partial charge in [0.1, 0.15) is 11.7 Å². The lowest BCUT2D eigenvalue weighted by molar-refractivity contribution is -0.00902. The number of piperidine rings is 1. The Labute approximate surface area is 124 Å². The van der Waals surface area contributed by atoms with E-state index in [1.54, 1.807) is 6.07 Å². The van der Waals surface area contributed by atoms with Crippen molar-refractivity contribution in [2.24, 2.45) is 5.73 Å². The molecule has 0 bridgehead atoms. The van der Waals surface area contributed by atoms with Gasteiger partial charge in [-0.25, -0.2) is 4.39 Å². The number of likely N-dealkylation sites (tertiary alicyclic amines) is 1. The van der Waals surface area contributed by atoms with Crippen LogP contribution in [-0.4, -0.2) is 48.2 Å². The molecule has 1 aliphatic heterocycles. The molecule has 0 aromatic heterocycles. The molecule has 5 nitrogen and oxygen atoms in total. The van der Waals surface area contributed by atoms with Gasteiger partial charge in [0.2, 0.25) is 0 Å². The van der Waals surface area contributed by atoms with E-state index in [4.69, 9.17) is 21.0 Å². The quantitative estimate of drug-likeness (QED) is 0.542. The molecule has 2 rings (SSSR count). The van der Waals surface area contributed by atoms with Crippen LogP contribution in [0.2, 0.25) is 0 Å². The van der Waals surface area contributed by atoms with E-state index in [1.807, 2.05) is 0 Å². The van der Waals surface area contributed by atoms with Crippen molar-refractivity contribution in [2.45, 2.75) is 25.5 Å². The number of nitrogen functional groups attached to an aromatic ring is 1. The van der Waals surface area contributed by atoms with Crippen LogP contribution in [0.5, 0.6) is 0 Å². The normalized spacial score (nSPS) is 17.0. The molecule has 1 aliphatic rings. The number of nitrogens with zero attached hydrogens (tertiary/aromatic N) is 1. The summed E-state index contributed by atoms with van der Waals surface area (Å²) in [5.41, 5.74) is 6.67. The number of amidine groups is 1. The highest BCUT2D eigenvalue weighted by Gasteiger charge is 2.19. The zero-order valence-corrected chi connectivity index (χ0v) is 12.0. The van der Waals surface area contributed by atoms with Crippen molar-refractivity contribution in [2.75, 3.05) is 26.3 Å². The van der Waals surface area contributed by atoms with Crippen LogP contribution in [0.25, 0.3) is 0 Å². The fourth-order valence-electron chi connectivity index (χ4n) is 2.61. The summed E-state index contributed by atoms with van der Waals surface area (Å²) in [6, 6.07) is 4.53. The molecular formula is C15H22FN3O2. The third-order valence-electron chi connectivity index (χ3n) is 3.65. The smallest absolute Gasteiger partial charge is 0.124 e. The van der Waals surface area contributed by atoms with Gasteiger partial charge in [-0.15, -0.1) is 0 Å². The van der Waals surface area contributed by atoms with Crippen molar-refractivity contribution >= 4 is 5.84 Å². The number of nitrogens with two attached hydrogens (primary N) is 1. The summed E-state index contributed by atoms with van der Waals surface area (Å²) < 4.78 is 19.0. The molecule has 4 N–H and O–H groups in total. The van der Waals surface area contributed by atoms with Crippen molar-refractivity contribution in [1.82, 2.24) is 4.90 Å². The number of aliphatic hydroxyl groups is 1. The average Bonchev–Trinajstić information content (AvgIpc) is 2.46. The third-order valence-corrected chi connectivity index (χ3v) is 3.65. The second-order valence-corrected chi connectivity index (χ2v) is 5.33. The van der Waals surface area contributed by atoms with Gasteiger partial charge < -0.3 is 15.6 Å². The van der Waals surface area contributed by atoms with E-state index in [9.17, 15) is 4.39 Å². The van der Waals surface area contributed by atoms with E-state index in [-0.39, 0.29) is 24.4 Å². The predicted octanol–water partition coefficient (Wildman–Crippen LogP) is 1.08. The molecule has 0 unspecified atom stereocenters. The Hall–Kier alpha value is -1.50. The first kappa shape index (κ1) is 15.9. The number of hydrogen-bond donors (Lipinski definition) is 3. The monoisotopic (exact) mass is 295 g/mol. The molecule has 1 aromatic rings. The number of rotatable bonds is 6. The third kappa shape index (κ3) is 4.77.